The van der Waals surface area contributed by atoms with Gasteiger partial charge in [0.1, 0.15) is 17.3 Å². The Hall–Kier alpha value is -3.52. The van der Waals surface area contributed by atoms with E-state index < -0.39 is 5.82 Å². The lowest BCUT2D eigenvalue weighted by molar-refractivity contribution is 0.0827. The zero-order chi connectivity index (χ0) is 24.4. The van der Waals surface area contributed by atoms with Crippen LogP contribution in [0.2, 0.25) is 0 Å². The maximum absolute atomic E-state index is 14.6. The maximum Gasteiger partial charge on any atom is 0.253 e. The normalized spacial score (nSPS) is 14.1. The monoisotopic (exact) mass is 490 g/mol. The fraction of sp³-hybridized carbons (Fsp3) is 0.296. The van der Waals surface area contributed by atoms with Gasteiger partial charge >= 0.3 is 0 Å². The number of aromatic nitrogens is 2. The summed E-state index contributed by atoms with van der Waals surface area (Å²) in [5, 5.41) is 4.53. The predicted molar refractivity (Wildman–Crippen MR) is 138 cm³/mol. The molecule has 8 heteroatoms. The van der Waals surface area contributed by atoms with Gasteiger partial charge in [0.05, 0.1) is 15.9 Å². The number of ether oxygens (including phenoxy) is 1. The number of thiazole rings is 1. The van der Waals surface area contributed by atoms with E-state index in [1.165, 1.54) is 55.2 Å². The first-order valence-corrected chi connectivity index (χ1v) is 12.6. The molecule has 0 atom stereocenters. The van der Waals surface area contributed by atoms with Gasteiger partial charge < -0.3 is 15.0 Å². The van der Waals surface area contributed by atoms with Crippen molar-refractivity contribution in [2.75, 3.05) is 19.4 Å². The van der Waals surface area contributed by atoms with Gasteiger partial charge in [-0.1, -0.05) is 30.6 Å². The minimum absolute atomic E-state index is 0.200. The number of fused-ring (bicyclic) bond motifs is 1. The van der Waals surface area contributed by atoms with E-state index in [2.05, 4.69) is 10.3 Å². The molecule has 0 spiro atoms. The molecule has 5 rings (SSSR count). The van der Waals surface area contributed by atoms with E-state index in [1.807, 2.05) is 18.2 Å². The SMILES string of the molecule is CN(C)C(=O)c1ccc(F)c(-c2cc(Oc3ccc4nc(NC5CCCCC5)sc4c3)ccn2)c1. The number of rotatable bonds is 6. The molecule has 4 aromatic rings. The molecule has 1 aliphatic rings. The topological polar surface area (TPSA) is 67.4 Å². The number of anilines is 1. The van der Waals surface area contributed by atoms with Gasteiger partial charge in [-0.3, -0.25) is 9.78 Å². The van der Waals surface area contributed by atoms with Crippen LogP contribution >= 0.6 is 11.3 Å². The van der Waals surface area contributed by atoms with E-state index in [9.17, 15) is 9.18 Å². The Labute approximate surface area is 207 Å². The zero-order valence-electron chi connectivity index (χ0n) is 19.8. The quantitative estimate of drug-likeness (QED) is 0.324. The zero-order valence-corrected chi connectivity index (χ0v) is 20.6. The first-order valence-electron chi connectivity index (χ1n) is 11.8. The molecule has 1 amide bonds. The predicted octanol–water partition coefficient (Wildman–Crippen LogP) is 6.74. The van der Waals surface area contributed by atoms with Gasteiger partial charge in [-0.05, 0) is 49.2 Å². The van der Waals surface area contributed by atoms with Gasteiger partial charge in [0, 0.05) is 49.6 Å². The van der Waals surface area contributed by atoms with Crippen molar-refractivity contribution in [3.63, 3.8) is 0 Å². The van der Waals surface area contributed by atoms with Crippen LogP contribution in [0.1, 0.15) is 42.5 Å². The number of hydrogen-bond acceptors (Lipinski definition) is 6. The molecule has 1 N–H and O–H groups in total. The molecule has 0 unspecified atom stereocenters. The van der Waals surface area contributed by atoms with Crippen molar-refractivity contribution in [1.29, 1.82) is 0 Å². The summed E-state index contributed by atoms with van der Waals surface area (Å²) in [5.74, 6) is 0.547. The average molecular weight is 491 g/mol. The largest absolute Gasteiger partial charge is 0.457 e. The number of benzene rings is 2. The third-order valence-electron chi connectivity index (χ3n) is 6.16. The fourth-order valence-electron chi connectivity index (χ4n) is 4.32. The Balaban J connectivity index is 1.36. The molecule has 0 radical (unpaired) electrons. The van der Waals surface area contributed by atoms with E-state index in [1.54, 1.807) is 43.8 Å². The van der Waals surface area contributed by atoms with E-state index in [0.29, 0.717) is 28.8 Å². The van der Waals surface area contributed by atoms with Crippen LogP contribution in [0.25, 0.3) is 21.5 Å². The number of nitrogens with one attached hydrogen (secondary N) is 1. The number of nitrogens with zero attached hydrogens (tertiary/aromatic N) is 3. The Kier molecular flexibility index (Phi) is 6.63. The maximum atomic E-state index is 14.6. The van der Waals surface area contributed by atoms with Gasteiger partial charge in [0.2, 0.25) is 0 Å². The van der Waals surface area contributed by atoms with Gasteiger partial charge in [-0.15, -0.1) is 0 Å². The summed E-state index contributed by atoms with van der Waals surface area (Å²) in [6.07, 6.45) is 7.83. The highest BCUT2D eigenvalue weighted by Crippen LogP contribution is 2.34. The van der Waals surface area contributed by atoms with Crippen LogP contribution in [-0.4, -0.2) is 40.9 Å². The minimum Gasteiger partial charge on any atom is -0.457 e. The van der Waals surface area contributed by atoms with Crippen LogP contribution in [-0.2, 0) is 0 Å². The lowest BCUT2D eigenvalue weighted by atomic mass is 9.96. The van der Waals surface area contributed by atoms with Crippen molar-refractivity contribution in [3.8, 4) is 22.8 Å². The molecule has 0 aliphatic heterocycles. The summed E-state index contributed by atoms with van der Waals surface area (Å²) in [7, 11) is 3.32. The molecule has 0 bridgehead atoms. The van der Waals surface area contributed by atoms with Crippen LogP contribution in [0.4, 0.5) is 9.52 Å². The van der Waals surface area contributed by atoms with Crippen LogP contribution in [0.5, 0.6) is 11.5 Å². The summed E-state index contributed by atoms with van der Waals surface area (Å²) in [5.41, 5.74) is 1.97. The Morgan fingerprint density at radius 1 is 1.06 bits per heavy atom. The highest BCUT2D eigenvalue weighted by molar-refractivity contribution is 7.22. The number of amides is 1. The number of hydrogen-bond donors (Lipinski definition) is 1. The van der Waals surface area contributed by atoms with Crippen LogP contribution in [0.15, 0.2) is 54.7 Å². The summed E-state index contributed by atoms with van der Waals surface area (Å²) in [6, 6.07) is 14.0. The van der Waals surface area contributed by atoms with E-state index >= 15 is 0 Å². The van der Waals surface area contributed by atoms with Gasteiger partial charge in [-0.2, -0.15) is 0 Å². The molecule has 35 heavy (non-hydrogen) atoms. The standard InChI is InChI=1S/C27H27FN4O2S/c1-32(2)26(33)17-8-10-22(28)21(14-17)24-15-20(12-13-29-24)34-19-9-11-23-25(16-19)35-27(31-23)30-18-6-4-3-5-7-18/h8-16,18H,3-7H2,1-2H3,(H,30,31). The van der Waals surface area contributed by atoms with Gasteiger partial charge in [0.15, 0.2) is 5.13 Å². The first kappa shape index (κ1) is 23.2. The highest BCUT2D eigenvalue weighted by Gasteiger charge is 2.16. The number of pyridine rings is 1. The van der Waals surface area contributed by atoms with E-state index in [-0.39, 0.29) is 11.5 Å². The highest BCUT2D eigenvalue weighted by atomic mass is 32.1. The smallest absolute Gasteiger partial charge is 0.253 e. The molecule has 2 aromatic carbocycles. The first-order chi connectivity index (χ1) is 17.0. The van der Waals surface area contributed by atoms with Crippen molar-refractivity contribution in [2.45, 2.75) is 38.1 Å². The Bertz CT molecular complexity index is 1360. The summed E-state index contributed by atoms with van der Waals surface area (Å²) < 4.78 is 21.7. The van der Waals surface area contributed by atoms with Crippen molar-refractivity contribution in [2.24, 2.45) is 0 Å². The second-order valence-corrected chi connectivity index (χ2v) is 10.0. The average Bonchev–Trinajstić information content (AvgIpc) is 3.26. The van der Waals surface area contributed by atoms with Crippen LogP contribution in [0, 0.1) is 5.82 Å². The number of halogens is 1. The molecule has 1 aliphatic carbocycles. The molecular weight excluding hydrogens is 463 g/mol. The van der Waals surface area contributed by atoms with Crippen LogP contribution < -0.4 is 10.1 Å². The second-order valence-electron chi connectivity index (χ2n) is 9.00. The molecule has 6 nitrogen and oxygen atoms in total. The summed E-state index contributed by atoms with van der Waals surface area (Å²) in [4.78, 5) is 22.8. The van der Waals surface area contributed by atoms with Crippen molar-refractivity contribution >= 4 is 32.6 Å². The van der Waals surface area contributed by atoms with Crippen molar-refractivity contribution in [1.82, 2.24) is 14.9 Å². The fourth-order valence-corrected chi connectivity index (χ4v) is 5.29. The Morgan fingerprint density at radius 3 is 2.66 bits per heavy atom. The third-order valence-corrected chi connectivity index (χ3v) is 7.10. The lowest BCUT2D eigenvalue weighted by Gasteiger charge is -2.22. The molecule has 2 aromatic heterocycles. The molecule has 180 valence electrons. The lowest BCUT2D eigenvalue weighted by Crippen LogP contribution is -2.21. The molecule has 2 heterocycles. The number of carbonyl (C=O) groups excluding carboxylic acids is 1. The van der Waals surface area contributed by atoms with E-state index in [4.69, 9.17) is 9.72 Å². The molecule has 1 fully saturated rings. The minimum atomic E-state index is -0.450. The molecule has 1 saturated carbocycles. The van der Waals surface area contributed by atoms with Crippen molar-refractivity contribution in [3.05, 3.63) is 66.1 Å². The third kappa shape index (κ3) is 5.27. The molecule has 0 saturated heterocycles. The molecular formula is C27H27FN4O2S. The van der Waals surface area contributed by atoms with Gasteiger partial charge in [0.25, 0.3) is 5.91 Å². The second kappa shape index (κ2) is 10.00. The van der Waals surface area contributed by atoms with Crippen molar-refractivity contribution < 1.29 is 13.9 Å². The Morgan fingerprint density at radius 2 is 1.86 bits per heavy atom. The summed E-state index contributed by atoms with van der Waals surface area (Å²) >= 11 is 1.62. The van der Waals surface area contributed by atoms with Crippen LogP contribution in [0.3, 0.4) is 0 Å². The number of carbonyl (C=O) groups is 1. The van der Waals surface area contributed by atoms with E-state index in [0.717, 1.165) is 15.3 Å². The summed E-state index contributed by atoms with van der Waals surface area (Å²) in [6.45, 7) is 0. The van der Waals surface area contributed by atoms with Gasteiger partial charge in [-0.25, -0.2) is 9.37 Å².